The smallest absolute Gasteiger partial charge is 0.315 e. The zero-order valence-corrected chi connectivity index (χ0v) is 12.8. The average molecular weight is 283 g/mol. The van der Waals surface area contributed by atoms with Crippen molar-refractivity contribution in [2.45, 2.75) is 45.1 Å². The van der Waals surface area contributed by atoms with Gasteiger partial charge in [0.05, 0.1) is 12.1 Å². The summed E-state index contributed by atoms with van der Waals surface area (Å²) in [6.45, 7) is 8.11. The molecule has 116 valence electrons. The Morgan fingerprint density at radius 3 is 2.50 bits per heavy atom. The van der Waals surface area contributed by atoms with Crippen LogP contribution in [0.1, 0.15) is 39.5 Å². The number of carbonyl (C=O) groups excluding carboxylic acids is 1. The van der Waals surface area contributed by atoms with Gasteiger partial charge in [-0.15, -0.1) is 0 Å². The number of carbonyl (C=O) groups is 1. The van der Waals surface area contributed by atoms with Gasteiger partial charge in [0.25, 0.3) is 0 Å². The van der Waals surface area contributed by atoms with Crippen molar-refractivity contribution in [3.05, 3.63) is 0 Å². The van der Waals surface area contributed by atoms with Gasteiger partial charge in [0.15, 0.2) is 0 Å². The van der Waals surface area contributed by atoms with Gasteiger partial charge in [0.2, 0.25) is 0 Å². The van der Waals surface area contributed by atoms with E-state index in [4.69, 9.17) is 0 Å². The van der Waals surface area contributed by atoms with Crippen molar-refractivity contribution in [3.8, 4) is 0 Å². The van der Waals surface area contributed by atoms with E-state index >= 15 is 0 Å². The molecule has 1 aliphatic heterocycles. The van der Waals surface area contributed by atoms with Gasteiger partial charge in [-0.05, 0) is 57.5 Å². The second-order valence-electron chi connectivity index (χ2n) is 6.75. The predicted octanol–water partition coefficient (Wildman–Crippen LogP) is 1.18. The molecular formula is C15H29N3O2. The standard InChI is InChI=1S/C15H29N3O2/c1-12-5-8-18(9-6-12)10-7-16-14(20)17-15(2,11-19)13-3-4-13/h12-13,19H,3-11H2,1-2H3,(H2,16,17,20). The summed E-state index contributed by atoms with van der Waals surface area (Å²) in [5.74, 6) is 1.27. The number of nitrogens with one attached hydrogen (secondary N) is 2. The summed E-state index contributed by atoms with van der Waals surface area (Å²) in [6, 6.07) is -0.154. The molecule has 3 N–H and O–H groups in total. The number of rotatable bonds is 6. The van der Waals surface area contributed by atoms with Gasteiger partial charge >= 0.3 is 6.03 Å². The first-order valence-electron chi connectivity index (χ1n) is 7.93. The van der Waals surface area contributed by atoms with Crippen LogP contribution in [0.25, 0.3) is 0 Å². The van der Waals surface area contributed by atoms with Crippen LogP contribution in [0.2, 0.25) is 0 Å². The first kappa shape index (κ1) is 15.6. The molecule has 0 aromatic rings. The van der Waals surface area contributed by atoms with Gasteiger partial charge in [-0.25, -0.2) is 4.79 Å². The first-order valence-corrected chi connectivity index (χ1v) is 7.93. The maximum atomic E-state index is 11.9. The second-order valence-corrected chi connectivity index (χ2v) is 6.75. The quantitative estimate of drug-likeness (QED) is 0.686. The molecule has 1 saturated carbocycles. The van der Waals surface area contributed by atoms with Gasteiger partial charge in [0, 0.05) is 13.1 Å². The highest BCUT2D eigenvalue weighted by molar-refractivity contribution is 5.74. The van der Waals surface area contributed by atoms with E-state index in [0.29, 0.717) is 12.5 Å². The molecule has 0 spiro atoms. The van der Waals surface area contributed by atoms with Crippen molar-refractivity contribution in [2.75, 3.05) is 32.8 Å². The van der Waals surface area contributed by atoms with Crippen LogP contribution in [0.15, 0.2) is 0 Å². The van der Waals surface area contributed by atoms with Crippen LogP contribution in [-0.4, -0.2) is 54.4 Å². The fourth-order valence-electron chi connectivity index (χ4n) is 2.91. The number of piperidine rings is 1. The number of nitrogens with zero attached hydrogens (tertiary/aromatic N) is 1. The van der Waals surface area contributed by atoms with Crippen molar-refractivity contribution >= 4 is 6.03 Å². The van der Waals surface area contributed by atoms with Crippen LogP contribution in [0.4, 0.5) is 4.79 Å². The van der Waals surface area contributed by atoms with Crippen LogP contribution < -0.4 is 10.6 Å². The van der Waals surface area contributed by atoms with Gasteiger partial charge in [-0.2, -0.15) is 0 Å². The topological polar surface area (TPSA) is 64.6 Å². The number of amides is 2. The van der Waals surface area contributed by atoms with E-state index in [9.17, 15) is 9.90 Å². The molecule has 0 aromatic carbocycles. The van der Waals surface area contributed by atoms with Gasteiger partial charge in [-0.1, -0.05) is 6.92 Å². The summed E-state index contributed by atoms with van der Waals surface area (Å²) in [5, 5.41) is 15.3. The number of hydrogen-bond donors (Lipinski definition) is 3. The number of aliphatic hydroxyl groups excluding tert-OH is 1. The van der Waals surface area contributed by atoms with Crippen molar-refractivity contribution in [3.63, 3.8) is 0 Å². The minimum atomic E-state index is -0.454. The molecule has 5 heteroatoms. The lowest BCUT2D eigenvalue weighted by Crippen LogP contribution is -2.54. The lowest BCUT2D eigenvalue weighted by molar-refractivity contribution is 0.153. The van der Waals surface area contributed by atoms with E-state index in [-0.39, 0.29) is 12.6 Å². The molecule has 2 aliphatic rings. The highest BCUT2D eigenvalue weighted by Gasteiger charge is 2.42. The molecule has 1 unspecified atom stereocenters. The Morgan fingerprint density at radius 2 is 1.95 bits per heavy atom. The van der Waals surface area contributed by atoms with E-state index in [2.05, 4.69) is 22.5 Å². The monoisotopic (exact) mass is 283 g/mol. The Morgan fingerprint density at radius 1 is 1.30 bits per heavy atom. The molecule has 5 nitrogen and oxygen atoms in total. The molecule has 2 amide bonds. The Bertz CT molecular complexity index is 325. The van der Waals surface area contributed by atoms with Gasteiger partial charge in [0.1, 0.15) is 0 Å². The fourth-order valence-corrected chi connectivity index (χ4v) is 2.91. The first-order chi connectivity index (χ1) is 9.53. The van der Waals surface area contributed by atoms with Crippen LogP contribution in [0.3, 0.4) is 0 Å². The number of urea groups is 1. The van der Waals surface area contributed by atoms with E-state index in [1.807, 2.05) is 6.92 Å². The molecule has 0 bridgehead atoms. The maximum absolute atomic E-state index is 11.9. The van der Waals surface area contributed by atoms with Crippen LogP contribution in [0, 0.1) is 11.8 Å². The molecule has 0 aromatic heterocycles. The minimum Gasteiger partial charge on any atom is -0.394 e. The van der Waals surface area contributed by atoms with E-state index in [0.717, 1.165) is 38.4 Å². The highest BCUT2D eigenvalue weighted by atomic mass is 16.3. The summed E-state index contributed by atoms with van der Waals surface area (Å²) in [7, 11) is 0. The third-order valence-corrected chi connectivity index (χ3v) is 4.80. The van der Waals surface area contributed by atoms with Crippen LogP contribution >= 0.6 is 0 Å². The molecule has 1 saturated heterocycles. The maximum Gasteiger partial charge on any atom is 0.315 e. The summed E-state index contributed by atoms with van der Waals surface area (Å²) in [6.07, 6.45) is 4.72. The average Bonchev–Trinajstić information content (AvgIpc) is 3.25. The van der Waals surface area contributed by atoms with Crippen molar-refractivity contribution in [1.29, 1.82) is 0 Å². The highest BCUT2D eigenvalue weighted by Crippen LogP contribution is 2.39. The van der Waals surface area contributed by atoms with Crippen molar-refractivity contribution < 1.29 is 9.90 Å². The third kappa shape index (κ3) is 4.35. The Kier molecular flexibility index (Phi) is 5.27. The largest absolute Gasteiger partial charge is 0.394 e. The normalized spacial score (nSPS) is 24.1. The molecule has 0 radical (unpaired) electrons. The van der Waals surface area contributed by atoms with E-state index in [1.165, 1.54) is 12.8 Å². The Labute approximate surface area is 122 Å². The second kappa shape index (κ2) is 6.76. The fraction of sp³-hybridized carbons (Fsp3) is 0.933. The Hall–Kier alpha value is -0.810. The predicted molar refractivity (Wildman–Crippen MR) is 79.6 cm³/mol. The summed E-state index contributed by atoms with van der Waals surface area (Å²) >= 11 is 0. The minimum absolute atomic E-state index is 0.00903. The number of aliphatic hydroxyl groups is 1. The number of hydrogen-bond acceptors (Lipinski definition) is 3. The zero-order valence-electron chi connectivity index (χ0n) is 12.8. The molecule has 1 atom stereocenters. The van der Waals surface area contributed by atoms with Crippen LogP contribution in [0.5, 0.6) is 0 Å². The van der Waals surface area contributed by atoms with Crippen molar-refractivity contribution in [1.82, 2.24) is 15.5 Å². The van der Waals surface area contributed by atoms with E-state index < -0.39 is 5.54 Å². The lowest BCUT2D eigenvalue weighted by Gasteiger charge is -2.31. The summed E-state index contributed by atoms with van der Waals surface area (Å²) in [5.41, 5.74) is -0.454. The zero-order chi connectivity index (χ0) is 14.6. The third-order valence-electron chi connectivity index (χ3n) is 4.80. The van der Waals surface area contributed by atoms with Crippen LogP contribution in [-0.2, 0) is 0 Å². The van der Waals surface area contributed by atoms with Gasteiger partial charge in [-0.3, -0.25) is 0 Å². The molecule has 2 fully saturated rings. The SMILES string of the molecule is CC1CCN(CCNC(=O)NC(C)(CO)C2CC2)CC1. The lowest BCUT2D eigenvalue weighted by atomic mass is 9.97. The molecule has 1 heterocycles. The summed E-state index contributed by atoms with van der Waals surface area (Å²) < 4.78 is 0. The number of likely N-dealkylation sites (tertiary alicyclic amines) is 1. The molecule has 1 aliphatic carbocycles. The Balaban J connectivity index is 1.62. The summed E-state index contributed by atoms with van der Waals surface area (Å²) in [4.78, 5) is 14.3. The molecule has 20 heavy (non-hydrogen) atoms. The van der Waals surface area contributed by atoms with Crippen molar-refractivity contribution in [2.24, 2.45) is 11.8 Å². The van der Waals surface area contributed by atoms with E-state index in [1.54, 1.807) is 0 Å². The molecular weight excluding hydrogens is 254 g/mol. The molecule has 2 rings (SSSR count). The van der Waals surface area contributed by atoms with Gasteiger partial charge < -0.3 is 20.6 Å².